The fraction of sp³-hybridized carbons (Fsp3) is 0.235. The Hall–Kier alpha value is -2.29. The van der Waals surface area contributed by atoms with Crippen molar-refractivity contribution in [1.29, 1.82) is 0 Å². The van der Waals surface area contributed by atoms with E-state index in [4.69, 9.17) is 9.47 Å². The summed E-state index contributed by atoms with van der Waals surface area (Å²) in [5.74, 6) is 1.46. The summed E-state index contributed by atoms with van der Waals surface area (Å²) in [6, 6.07) is 14.4. The summed E-state index contributed by atoms with van der Waals surface area (Å²) in [6.45, 7) is 5.05. The zero-order chi connectivity index (χ0) is 14.4. The number of hydrogen-bond acceptors (Lipinski definition) is 3. The number of hydrogen-bond donors (Lipinski definition) is 0. The molecule has 0 aliphatic rings. The highest BCUT2D eigenvalue weighted by molar-refractivity contribution is 6.09. The van der Waals surface area contributed by atoms with Gasteiger partial charge in [0.25, 0.3) is 0 Å². The quantitative estimate of drug-likeness (QED) is 0.750. The van der Waals surface area contributed by atoms with Crippen molar-refractivity contribution in [2.45, 2.75) is 13.8 Å². The molecule has 0 unspecified atom stereocenters. The summed E-state index contributed by atoms with van der Waals surface area (Å²) in [4.78, 5) is 12.4. The number of ketones is 1. The van der Waals surface area contributed by atoms with Gasteiger partial charge in [0.05, 0.1) is 13.2 Å². The highest BCUT2D eigenvalue weighted by Crippen LogP contribution is 2.18. The fourth-order valence-corrected chi connectivity index (χ4v) is 1.93. The molecule has 2 aromatic carbocycles. The van der Waals surface area contributed by atoms with Crippen LogP contribution in [0.25, 0.3) is 0 Å². The maximum Gasteiger partial charge on any atom is 0.193 e. The van der Waals surface area contributed by atoms with Crippen molar-refractivity contribution in [3.05, 3.63) is 59.7 Å². The van der Waals surface area contributed by atoms with E-state index in [0.717, 1.165) is 5.75 Å². The van der Waals surface area contributed by atoms with E-state index in [1.165, 1.54) is 0 Å². The molecule has 0 saturated carbocycles. The van der Waals surface area contributed by atoms with Crippen molar-refractivity contribution < 1.29 is 14.3 Å². The summed E-state index contributed by atoms with van der Waals surface area (Å²) in [5.41, 5.74) is 1.27. The van der Waals surface area contributed by atoms with Crippen molar-refractivity contribution >= 4 is 5.78 Å². The van der Waals surface area contributed by atoms with Crippen LogP contribution in [-0.2, 0) is 0 Å². The highest BCUT2D eigenvalue weighted by Gasteiger charge is 2.10. The zero-order valence-electron chi connectivity index (χ0n) is 11.8. The van der Waals surface area contributed by atoms with Crippen LogP contribution in [0.3, 0.4) is 0 Å². The van der Waals surface area contributed by atoms with Crippen molar-refractivity contribution in [2.75, 3.05) is 13.2 Å². The SMILES string of the molecule is CCOc1ccc(C(=O)c2cccc(OCC)c2)cc1. The highest BCUT2D eigenvalue weighted by atomic mass is 16.5. The Morgan fingerprint density at radius 2 is 1.50 bits per heavy atom. The van der Waals surface area contributed by atoms with Crippen LogP contribution in [-0.4, -0.2) is 19.0 Å². The van der Waals surface area contributed by atoms with Crippen LogP contribution in [0, 0.1) is 0 Å². The van der Waals surface area contributed by atoms with Crippen LogP contribution in [0.1, 0.15) is 29.8 Å². The van der Waals surface area contributed by atoms with E-state index in [1.54, 1.807) is 24.3 Å². The van der Waals surface area contributed by atoms with Gasteiger partial charge in [-0.25, -0.2) is 0 Å². The van der Waals surface area contributed by atoms with E-state index in [-0.39, 0.29) is 5.78 Å². The van der Waals surface area contributed by atoms with Crippen LogP contribution in [0.15, 0.2) is 48.5 Å². The molecule has 0 bridgehead atoms. The molecule has 3 heteroatoms. The molecular formula is C17H18O3. The molecule has 3 nitrogen and oxygen atoms in total. The molecule has 0 amide bonds. The molecule has 2 aromatic rings. The second-order valence-electron chi connectivity index (χ2n) is 4.25. The first-order valence-electron chi connectivity index (χ1n) is 6.75. The lowest BCUT2D eigenvalue weighted by atomic mass is 10.0. The Labute approximate surface area is 119 Å². The average Bonchev–Trinajstić information content (AvgIpc) is 2.48. The number of benzene rings is 2. The fourth-order valence-electron chi connectivity index (χ4n) is 1.93. The monoisotopic (exact) mass is 270 g/mol. The summed E-state index contributed by atoms with van der Waals surface area (Å²) >= 11 is 0. The lowest BCUT2D eigenvalue weighted by Gasteiger charge is -2.07. The third-order valence-electron chi connectivity index (χ3n) is 2.83. The van der Waals surface area contributed by atoms with Crippen molar-refractivity contribution in [2.24, 2.45) is 0 Å². The van der Waals surface area contributed by atoms with Crippen molar-refractivity contribution in [3.63, 3.8) is 0 Å². The Morgan fingerprint density at radius 1 is 0.850 bits per heavy atom. The standard InChI is InChI=1S/C17H18O3/c1-3-19-15-10-8-13(9-11-15)17(18)14-6-5-7-16(12-14)20-4-2/h5-12H,3-4H2,1-2H3. The first-order chi connectivity index (χ1) is 9.74. The van der Waals surface area contributed by atoms with E-state index in [0.29, 0.717) is 30.1 Å². The second kappa shape index (κ2) is 6.75. The Kier molecular flexibility index (Phi) is 4.77. The van der Waals surface area contributed by atoms with Crippen LogP contribution < -0.4 is 9.47 Å². The summed E-state index contributed by atoms with van der Waals surface area (Å²) in [7, 11) is 0. The number of carbonyl (C=O) groups excluding carboxylic acids is 1. The molecule has 0 spiro atoms. The van der Waals surface area contributed by atoms with Gasteiger partial charge in [-0.3, -0.25) is 4.79 Å². The van der Waals surface area contributed by atoms with Gasteiger partial charge in [0.15, 0.2) is 5.78 Å². The zero-order valence-corrected chi connectivity index (χ0v) is 11.8. The number of ether oxygens (including phenoxy) is 2. The van der Waals surface area contributed by atoms with Gasteiger partial charge in [0, 0.05) is 11.1 Å². The normalized spacial score (nSPS) is 10.1. The minimum atomic E-state index is -0.0189. The van der Waals surface area contributed by atoms with Gasteiger partial charge >= 0.3 is 0 Å². The van der Waals surface area contributed by atoms with Crippen LogP contribution in [0.5, 0.6) is 11.5 Å². The van der Waals surface area contributed by atoms with E-state index >= 15 is 0 Å². The maximum absolute atomic E-state index is 12.4. The van der Waals surface area contributed by atoms with Gasteiger partial charge in [-0.05, 0) is 50.2 Å². The van der Waals surface area contributed by atoms with Gasteiger partial charge in [0.2, 0.25) is 0 Å². The number of rotatable bonds is 6. The summed E-state index contributed by atoms with van der Waals surface area (Å²) in [6.07, 6.45) is 0. The molecule has 0 aliphatic carbocycles. The Bertz CT molecular complexity index is 573. The molecule has 104 valence electrons. The average molecular weight is 270 g/mol. The van der Waals surface area contributed by atoms with Gasteiger partial charge in [-0.15, -0.1) is 0 Å². The second-order valence-corrected chi connectivity index (χ2v) is 4.25. The Morgan fingerprint density at radius 3 is 2.15 bits per heavy atom. The molecule has 0 N–H and O–H groups in total. The Balaban J connectivity index is 2.19. The maximum atomic E-state index is 12.4. The predicted molar refractivity (Wildman–Crippen MR) is 78.7 cm³/mol. The van der Waals surface area contributed by atoms with E-state index in [2.05, 4.69) is 0 Å². The lowest BCUT2D eigenvalue weighted by molar-refractivity contribution is 0.103. The molecule has 0 heterocycles. The summed E-state index contributed by atoms with van der Waals surface area (Å²) in [5, 5.41) is 0. The van der Waals surface area contributed by atoms with Crippen molar-refractivity contribution in [3.8, 4) is 11.5 Å². The summed E-state index contributed by atoms with van der Waals surface area (Å²) < 4.78 is 10.8. The smallest absolute Gasteiger partial charge is 0.193 e. The predicted octanol–water partition coefficient (Wildman–Crippen LogP) is 3.72. The third kappa shape index (κ3) is 3.38. The molecule has 0 fully saturated rings. The first kappa shape index (κ1) is 14.1. The van der Waals surface area contributed by atoms with Gasteiger partial charge in [0.1, 0.15) is 11.5 Å². The lowest BCUT2D eigenvalue weighted by Crippen LogP contribution is -2.02. The molecule has 0 aromatic heterocycles. The topological polar surface area (TPSA) is 35.5 Å². The minimum absolute atomic E-state index is 0.0189. The molecular weight excluding hydrogens is 252 g/mol. The molecule has 20 heavy (non-hydrogen) atoms. The van der Waals surface area contributed by atoms with Gasteiger partial charge in [-0.1, -0.05) is 12.1 Å². The largest absolute Gasteiger partial charge is 0.494 e. The first-order valence-corrected chi connectivity index (χ1v) is 6.75. The van der Waals surface area contributed by atoms with E-state index < -0.39 is 0 Å². The van der Waals surface area contributed by atoms with Crippen LogP contribution >= 0.6 is 0 Å². The van der Waals surface area contributed by atoms with Gasteiger partial charge < -0.3 is 9.47 Å². The van der Waals surface area contributed by atoms with Crippen LogP contribution in [0.4, 0.5) is 0 Å². The molecule has 0 radical (unpaired) electrons. The minimum Gasteiger partial charge on any atom is -0.494 e. The molecule has 0 saturated heterocycles. The third-order valence-corrected chi connectivity index (χ3v) is 2.83. The molecule has 0 aliphatic heterocycles. The van der Waals surface area contributed by atoms with Crippen LogP contribution in [0.2, 0.25) is 0 Å². The number of carbonyl (C=O) groups is 1. The van der Waals surface area contributed by atoms with Gasteiger partial charge in [-0.2, -0.15) is 0 Å². The molecule has 2 rings (SSSR count). The van der Waals surface area contributed by atoms with Crippen molar-refractivity contribution in [1.82, 2.24) is 0 Å². The van der Waals surface area contributed by atoms with E-state index in [9.17, 15) is 4.79 Å². The van der Waals surface area contributed by atoms with E-state index in [1.807, 2.05) is 38.1 Å². The molecule has 0 atom stereocenters.